The van der Waals surface area contributed by atoms with Gasteiger partial charge >= 0.3 is 0 Å². The van der Waals surface area contributed by atoms with Crippen molar-refractivity contribution < 1.29 is 17.9 Å². The van der Waals surface area contributed by atoms with Crippen LogP contribution >= 0.6 is 0 Å². The van der Waals surface area contributed by atoms with E-state index in [1.165, 1.54) is 10.6 Å². The van der Waals surface area contributed by atoms with E-state index in [1.807, 2.05) is 6.07 Å². The van der Waals surface area contributed by atoms with Gasteiger partial charge in [0.05, 0.1) is 18.6 Å². The molecule has 1 aromatic rings. The van der Waals surface area contributed by atoms with E-state index < -0.39 is 10.0 Å². The molecule has 7 heteroatoms. The van der Waals surface area contributed by atoms with Gasteiger partial charge in [0.15, 0.2) is 0 Å². The topological polar surface area (TPSA) is 68.7 Å². The molecule has 1 aliphatic heterocycles. The van der Waals surface area contributed by atoms with Gasteiger partial charge in [0, 0.05) is 32.7 Å². The molecule has 0 fully saturated rings. The third-order valence-corrected chi connectivity index (χ3v) is 4.24. The molecule has 0 saturated heterocycles. The van der Waals surface area contributed by atoms with Crippen LogP contribution in [0.5, 0.6) is 5.88 Å². The summed E-state index contributed by atoms with van der Waals surface area (Å²) in [4.78, 5) is 4.40. The third kappa shape index (κ3) is 3.65. The van der Waals surface area contributed by atoms with Crippen LogP contribution in [0.25, 0.3) is 0 Å². The number of hydrogen-bond donors (Lipinski definition) is 0. The second-order valence-electron chi connectivity index (χ2n) is 4.44. The molecule has 0 bridgehead atoms. The van der Waals surface area contributed by atoms with Gasteiger partial charge in [-0.1, -0.05) is 6.07 Å². The number of sulfonamides is 1. The highest BCUT2D eigenvalue weighted by molar-refractivity contribution is 7.88. The molecular formula is C12H18N2O4S. The predicted molar refractivity (Wildman–Crippen MR) is 70.6 cm³/mol. The second kappa shape index (κ2) is 5.85. The number of rotatable bonds is 5. The normalized spacial score (nSPS) is 16.1. The van der Waals surface area contributed by atoms with Crippen LogP contribution in [0.2, 0.25) is 0 Å². The van der Waals surface area contributed by atoms with Gasteiger partial charge in [0.25, 0.3) is 0 Å². The van der Waals surface area contributed by atoms with Crippen molar-refractivity contribution in [3.05, 3.63) is 23.4 Å². The van der Waals surface area contributed by atoms with E-state index in [0.29, 0.717) is 38.6 Å². The summed E-state index contributed by atoms with van der Waals surface area (Å²) in [6.07, 6.45) is 1.84. The van der Waals surface area contributed by atoms with Crippen molar-refractivity contribution in [1.82, 2.24) is 9.29 Å². The fourth-order valence-corrected chi connectivity index (χ4v) is 2.76. The van der Waals surface area contributed by atoms with E-state index in [0.717, 1.165) is 11.3 Å². The summed E-state index contributed by atoms with van der Waals surface area (Å²) in [5, 5.41) is 0. The Morgan fingerprint density at radius 1 is 1.37 bits per heavy atom. The zero-order valence-electron chi connectivity index (χ0n) is 11.1. The zero-order chi connectivity index (χ0) is 13.9. The summed E-state index contributed by atoms with van der Waals surface area (Å²) < 4.78 is 34.8. The molecule has 0 spiro atoms. The molecule has 0 saturated carbocycles. The van der Waals surface area contributed by atoms with Crippen molar-refractivity contribution in [2.45, 2.75) is 13.0 Å². The lowest BCUT2D eigenvalue weighted by atomic mass is 10.1. The summed E-state index contributed by atoms with van der Waals surface area (Å²) in [7, 11) is -1.52. The zero-order valence-corrected chi connectivity index (χ0v) is 11.9. The van der Waals surface area contributed by atoms with Crippen molar-refractivity contribution >= 4 is 10.0 Å². The molecule has 1 aliphatic rings. The fourth-order valence-electron chi connectivity index (χ4n) is 1.96. The lowest BCUT2D eigenvalue weighted by Gasteiger charge is -2.26. The summed E-state index contributed by atoms with van der Waals surface area (Å²) in [6.45, 7) is 1.83. The summed E-state index contributed by atoms with van der Waals surface area (Å²) in [5.41, 5.74) is 1.85. The maximum Gasteiger partial charge on any atom is 0.213 e. The molecule has 0 aliphatic carbocycles. The van der Waals surface area contributed by atoms with Crippen molar-refractivity contribution in [2.75, 3.05) is 33.1 Å². The highest BCUT2D eigenvalue weighted by Gasteiger charge is 2.24. The predicted octanol–water partition coefficient (Wildman–Crippen LogP) is 0.425. The van der Waals surface area contributed by atoms with Crippen molar-refractivity contribution in [3.8, 4) is 5.88 Å². The van der Waals surface area contributed by atoms with Gasteiger partial charge in [-0.2, -0.15) is 4.31 Å². The highest BCUT2D eigenvalue weighted by Crippen LogP contribution is 2.21. The Balaban J connectivity index is 2.08. The van der Waals surface area contributed by atoms with Crippen molar-refractivity contribution in [3.63, 3.8) is 0 Å². The Kier molecular flexibility index (Phi) is 4.38. The van der Waals surface area contributed by atoms with Crippen LogP contribution in [0.3, 0.4) is 0 Å². The molecule has 0 unspecified atom stereocenters. The SMILES string of the molecule is COCCOc1ccc2c(n1)CCN(S(C)(=O)=O)C2. The van der Waals surface area contributed by atoms with Crippen LogP contribution in [0.15, 0.2) is 12.1 Å². The Morgan fingerprint density at radius 3 is 2.84 bits per heavy atom. The number of nitrogens with zero attached hydrogens (tertiary/aromatic N) is 2. The molecule has 0 amide bonds. The first-order valence-corrected chi connectivity index (χ1v) is 7.91. The minimum atomic E-state index is -3.14. The first kappa shape index (κ1) is 14.2. The molecule has 0 atom stereocenters. The summed E-state index contributed by atoms with van der Waals surface area (Å²) >= 11 is 0. The number of pyridine rings is 1. The van der Waals surface area contributed by atoms with Crippen LogP contribution < -0.4 is 4.74 Å². The van der Waals surface area contributed by atoms with Crippen molar-refractivity contribution in [2.24, 2.45) is 0 Å². The molecule has 106 valence electrons. The van der Waals surface area contributed by atoms with Crippen molar-refractivity contribution in [1.29, 1.82) is 0 Å². The lowest BCUT2D eigenvalue weighted by molar-refractivity contribution is 0.143. The first-order chi connectivity index (χ1) is 9.00. The standard InChI is InChI=1S/C12H18N2O4S/c1-17-7-8-18-12-4-3-10-9-14(19(2,15)16)6-5-11(10)13-12/h3-4H,5-9H2,1-2H3. The number of methoxy groups -OCH3 is 1. The minimum absolute atomic E-state index is 0.388. The summed E-state index contributed by atoms with van der Waals surface area (Å²) in [6, 6.07) is 3.64. The van der Waals surface area contributed by atoms with Gasteiger partial charge in [-0.15, -0.1) is 0 Å². The maximum absolute atomic E-state index is 11.5. The van der Waals surface area contributed by atoms with Crippen LogP contribution in [-0.4, -0.2) is 50.8 Å². The number of aromatic nitrogens is 1. The van der Waals surface area contributed by atoms with Crippen LogP contribution in [-0.2, 0) is 27.7 Å². The molecule has 0 aromatic carbocycles. The Bertz CT molecular complexity index is 545. The van der Waals surface area contributed by atoms with Gasteiger partial charge in [-0.25, -0.2) is 13.4 Å². The van der Waals surface area contributed by atoms with Crippen LogP contribution in [0.1, 0.15) is 11.3 Å². The molecule has 2 rings (SSSR count). The van der Waals surface area contributed by atoms with Gasteiger partial charge in [0.1, 0.15) is 6.61 Å². The quantitative estimate of drug-likeness (QED) is 0.734. The van der Waals surface area contributed by atoms with Gasteiger partial charge in [-0.3, -0.25) is 0 Å². The monoisotopic (exact) mass is 286 g/mol. The second-order valence-corrected chi connectivity index (χ2v) is 6.43. The summed E-state index contributed by atoms with van der Waals surface area (Å²) in [5.74, 6) is 0.559. The smallest absolute Gasteiger partial charge is 0.213 e. The largest absolute Gasteiger partial charge is 0.475 e. The van der Waals surface area contributed by atoms with E-state index >= 15 is 0 Å². The van der Waals surface area contributed by atoms with Gasteiger partial charge in [0.2, 0.25) is 15.9 Å². The van der Waals surface area contributed by atoms with Gasteiger partial charge in [-0.05, 0) is 5.56 Å². The highest BCUT2D eigenvalue weighted by atomic mass is 32.2. The third-order valence-electron chi connectivity index (χ3n) is 2.99. The molecule has 0 N–H and O–H groups in total. The molecule has 0 radical (unpaired) electrons. The molecule has 2 heterocycles. The molecular weight excluding hydrogens is 268 g/mol. The van der Waals surface area contributed by atoms with E-state index in [2.05, 4.69) is 4.98 Å². The molecule has 1 aromatic heterocycles. The van der Waals surface area contributed by atoms with Gasteiger partial charge < -0.3 is 9.47 Å². The lowest BCUT2D eigenvalue weighted by Crippen LogP contribution is -2.35. The fraction of sp³-hybridized carbons (Fsp3) is 0.583. The Hall–Kier alpha value is -1.18. The van der Waals surface area contributed by atoms with E-state index in [1.54, 1.807) is 13.2 Å². The van der Waals surface area contributed by atoms with E-state index in [4.69, 9.17) is 9.47 Å². The average Bonchev–Trinajstić information content (AvgIpc) is 2.37. The number of hydrogen-bond acceptors (Lipinski definition) is 5. The number of ether oxygens (including phenoxy) is 2. The Labute approximate surface area is 113 Å². The maximum atomic E-state index is 11.5. The van der Waals surface area contributed by atoms with E-state index in [9.17, 15) is 8.42 Å². The molecule has 6 nitrogen and oxygen atoms in total. The Morgan fingerprint density at radius 2 is 2.16 bits per heavy atom. The average molecular weight is 286 g/mol. The minimum Gasteiger partial charge on any atom is -0.475 e. The first-order valence-electron chi connectivity index (χ1n) is 6.06. The number of fused-ring (bicyclic) bond motifs is 1. The van der Waals surface area contributed by atoms with Crippen LogP contribution in [0, 0.1) is 0 Å². The van der Waals surface area contributed by atoms with E-state index in [-0.39, 0.29) is 0 Å². The van der Waals surface area contributed by atoms with Crippen LogP contribution in [0.4, 0.5) is 0 Å². The molecule has 19 heavy (non-hydrogen) atoms.